The molecule has 1 aromatic carbocycles. The summed E-state index contributed by atoms with van der Waals surface area (Å²) in [4.78, 5) is 0. The van der Waals surface area contributed by atoms with Gasteiger partial charge < -0.3 is 9.47 Å². The molecule has 0 heterocycles. The molecule has 0 saturated heterocycles. The van der Waals surface area contributed by atoms with E-state index in [2.05, 4.69) is 24.3 Å². The zero-order chi connectivity index (χ0) is 13.7. The van der Waals surface area contributed by atoms with Gasteiger partial charge in [0, 0.05) is 26.1 Å². The molecule has 2 heteroatoms. The topological polar surface area (TPSA) is 18.5 Å². The zero-order valence-electron chi connectivity index (χ0n) is 12.4. The number of methoxy groups -OCH3 is 2. The molecule has 5 fully saturated rings. The smallest absolute Gasteiger partial charge is 0.174 e. The van der Waals surface area contributed by atoms with E-state index in [0.29, 0.717) is 11.8 Å². The van der Waals surface area contributed by atoms with E-state index in [4.69, 9.17) is 9.47 Å². The molecule has 8 rings (SSSR count). The Hall–Kier alpha value is -0.860. The van der Waals surface area contributed by atoms with Crippen LogP contribution in [0.2, 0.25) is 0 Å². The average molecular weight is 280 g/mol. The first-order chi connectivity index (χ1) is 10.3. The van der Waals surface area contributed by atoms with Crippen LogP contribution in [0.25, 0.3) is 0 Å². The standard InChI is InChI=1S/C19H20O2/c1-20-19(21-2)17-13-9-7-5-3-4-6-8(7)10-12-11(9)15(17)16(12)18(19)14(10)13/h3-6,9-18H,1-2H3/t9-,10-,11+,12+,13-,14+,15+,16+,17+,18-/m0/s1. The van der Waals surface area contributed by atoms with E-state index in [1.807, 2.05) is 14.2 Å². The first-order valence-corrected chi connectivity index (χ1v) is 8.54. The van der Waals surface area contributed by atoms with E-state index in [0.717, 1.165) is 47.3 Å². The molecule has 10 atom stereocenters. The molecule has 0 radical (unpaired) electrons. The van der Waals surface area contributed by atoms with Crippen molar-refractivity contribution in [3.8, 4) is 0 Å². The highest BCUT2D eigenvalue weighted by atomic mass is 16.7. The summed E-state index contributed by atoms with van der Waals surface area (Å²) in [5.74, 6) is 8.18. The minimum atomic E-state index is -0.247. The summed E-state index contributed by atoms with van der Waals surface area (Å²) in [5, 5.41) is 0. The van der Waals surface area contributed by atoms with Gasteiger partial charge in [0.2, 0.25) is 0 Å². The van der Waals surface area contributed by atoms with Gasteiger partial charge in [0.05, 0.1) is 0 Å². The fourth-order valence-corrected chi connectivity index (χ4v) is 9.10. The molecule has 2 nitrogen and oxygen atoms in total. The third-order valence-corrected chi connectivity index (χ3v) is 8.82. The maximum Gasteiger partial charge on any atom is 0.174 e. The van der Waals surface area contributed by atoms with Crippen LogP contribution in [-0.2, 0) is 9.47 Å². The number of ether oxygens (including phenoxy) is 2. The average Bonchev–Trinajstić information content (AvgIpc) is 3.04. The molecule has 7 aliphatic rings. The van der Waals surface area contributed by atoms with E-state index >= 15 is 0 Å². The van der Waals surface area contributed by atoms with Crippen molar-refractivity contribution < 1.29 is 9.47 Å². The Labute approximate surface area is 124 Å². The van der Waals surface area contributed by atoms with Crippen molar-refractivity contribution in [2.45, 2.75) is 17.6 Å². The van der Waals surface area contributed by atoms with Crippen molar-refractivity contribution in [3.05, 3.63) is 35.4 Å². The molecule has 4 bridgehead atoms. The largest absolute Gasteiger partial charge is 0.353 e. The summed E-state index contributed by atoms with van der Waals surface area (Å²) in [6.45, 7) is 0. The van der Waals surface area contributed by atoms with Crippen LogP contribution >= 0.6 is 0 Å². The van der Waals surface area contributed by atoms with Gasteiger partial charge in [-0.25, -0.2) is 0 Å². The monoisotopic (exact) mass is 280 g/mol. The number of benzene rings is 1. The van der Waals surface area contributed by atoms with Crippen molar-refractivity contribution >= 4 is 0 Å². The molecule has 7 aliphatic carbocycles. The van der Waals surface area contributed by atoms with Gasteiger partial charge >= 0.3 is 0 Å². The summed E-state index contributed by atoms with van der Waals surface area (Å²) < 4.78 is 12.2. The van der Waals surface area contributed by atoms with E-state index in [9.17, 15) is 0 Å². The third kappa shape index (κ3) is 0.724. The Kier molecular flexibility index (Phi) is 1.46. The van der Waals surface area contributed by atoms with Gasteiger partial charge in [0.15, 0.2) is 5.79 Å². The fraction of sp³-hybridized carbons (Fsp3) is 0.684. The van der Waals surface area contributed by atoms with Crippen molar-refractivity contribution in [1.29, 1.82) is 0 Å². The predicted molar refractivity (Wildman–Crippen MR) is 76.6 cm³/mol. The zero-order valence-corrected chi connectivity index (χ0v) is 12.4. The van der Waals surface area contributed by atoms with Crippen LogP contribution in [0.3, 0.4) is 0 Å². The Balaban J connectivity index is 1.56. The molecule has 0 aromatic heterocycles. The first kappa shape index (κ1) is 10.8. The fourth-order valence-electron chi connectivity index (χ4n) is 9.10. The minimum absolute atomic E-state index is 0.247. The Morgan fingerprint density at radius 3 is 1.62 bits per heavy atom. The molecule has 5 saturated carbocycles. The number of hydrogen-bond acceptors (Lipinski definition) is 2. The summed E-state index contributed by atoms with van der Waals surface area (Å²) in [6, 6.07) is 9.34. The van der Waals surface area contributed by atoms with E-state index in [1.165, 1.54) is 0 Å². The lowest BCUT2D eigenvalue weighted by Gasteiger charge is -2.55. The van der Waals surface area contributed by atoms with Gasteiger partial charge in [-0.2, -0.15) is 0 Å². The summed E-state index contributed by atoms with van der Waals surface area (Å²) in [7, 11) is 3.78. The second-order valence-electron chi connectivity index (χ2n) is 8.33. The van der Waals surface area contributed by atoms with Gasteiger partial charge in [-0.15, -0.1) is 0 Å². The molecule has 0 spiro atoms. The quantitative estimate of drug-likeness (QED) is 0.776. The lowest BCUT2D eigenvalue weighted by molar-refractivity contribution is -0.240. The van der Waals surface area contributed by atoms with Gasteiger partial charge in [0.25, 0.3) is 0 Å². The van der Waals surface area contributed by atoms with Crippen molar-refractivity contribution in [1.82, 2.24) is 0 Å². The van der Waals surface area contributed by atoms with Crippen molar-refractivity contribution in [2.24, 2.45) is 47.3 Å². The van der Waals surface area contributed by atoms with Crippen LogP contribution < -0.4 is 0 Å². The second-order valence-corrected chi connectivity index (χ2v) is 8.33. The summed E-state index contributed by atoms with van der Waals surface area (Å²) in [5.41, 5.74) is 3.39. The predicted octanol–water partition coefficient (Wildman–Crippen LogP) is 2.85. The van der Waals surface area contributed by atoms with Crippen LogP contribution in [0.4, 0.5) is 0 Å². The van der Waals surface area contributed by atoms with Crippen molar-refractivity contribution in [2.75, 3.05) is 14.2 Å². The third-order valence-electron chi connectivity index (χ3n) is 8.82. The van der Waals surface area contributed by atoms with E-state index in [-0.39, 0.29) is 5.79 Å². The molecular weight excluding hydrogens is 260 g/mol. The van der Waals surface area contributed by atoms with Crippen LogP contribution in [0, 0.1) is 47.3 Å². The second kappa shape index (κ2) is 2.83. The lowest BCUT2D eigenvalue weighted by atomic mass is 9.49. The Morgan fingerprint density at radius 2 is 1.19 bits per heavy atom. The molecule has 0 N–H and O–H groups in total. The van der Waals surface area contributed by atoms with Gasteiger partial charge in [-0.1, -0.05) is 24.3 Å². The summed E-state index contributed by atoms with van der Waals surface area (Å²) in [6.07, 6.45) is 0. The molecule has 0 amide bonds. The van der Waals surface area contributed by atoms with Crippen molar-refractivity contribution in [3.63, 3.8) is 0 Å². The van der Waals surface area contributed by atoms with E-state index in [1.54, 1.807) is 11.1 Å². The highest BCUT2D eigenvalue weighted by molar-refractivity contribution is 5.53. The highest BCUT2D eigenvalue weighted by Crippen LogP contribution is 2.93. The van der Waals surface area contributed by atoms with Gasteiger partial charge in [0.1, 0.15) is 0 Å². The van der Waals surface area contributed by atoms with Gasteiger partial charge in [-0.05, 0) is 58.5 Å². The molecule has 0 aliphatic heterocycles. The summed E-state index contributed by atoms with van der Waals surface area (Å²) >= 11 is 0. The molecule has 21 heavy (non-hydrogen) atoms. The van der Waals surface area contributed by atoms with Gasteiger partial charge in [-0.3, -0.25) is 0 Å². The van der Waals surface area contributed by atoms with Crippen LogP contribution in [-0.4, -0.2) is 20.0 Å². The first-order valence-electron chi connectivity index (χ1n) is 8.54. The Morgan fingerprint density at radius 1 is 0.714 bits per heavy atom. The van der Waals surface area contributed by atoms with Crippen LogP contribution in [0.1, 0.15) is 23.0 Å². The molecule has 1 aromatic rings. The maximum absolute atomic E-state index is 6.11. The molecule has 108 valence electrons. The number of rotatable bonds is 2. The highest BCUT2D eigenvalue weighted by Gasteiger charge is 2.92. The molecule has 0 unspecified atom stereocenters. The SMILES string of the molecule is COC1(OC)[C@@H]2[C@@H]3[C@@H]4[C@@H]5c6ccccc6[C@H]6[C@H]4[C@H]3[C@H]1[C@@H]6[C@@H]52. The molecular formula is C19H20O2. The van der Waals surface area contributed by atoms with Crippen LogP contribution in [0.15, 0.2) is 24.3 Å². The normalized spacial score (nSPS) is 60.7. The number of hydrogen-bond donors (Lipinski definition) is 0. The van der Waals surface area contributed by atoms with E-state index < -0.39 is 0 Å². The Bertz CT molecular complexity index is 638. The van der Waals surface area contributed by atoms with Crippen LogP contribution in [0.5, 0.6) is 0 Å². The minimum Gasteiger partial charge on any atom is -0.353 e. The maximum atomic E-state index is 6.11. The lowest BCUT2D eigenvalue weighted by Crippen LogP contribution is -2.48.